The molecule has 25 heavy (non-hydrogen) atoms. The topological polar surface area (TPSA) is 84.0 Å². The smallest absolute Gasteiger partial charge is 0.317 e. The lowest BCUT2D eigenvalue weighted by Gasteiger charge is -2.33. The van der Waals surface area contributed by atoms with E-state index in [1.165, 1.54) is 9.21 Å². The van der Waals surface area contributed by atoms with E-state index in [0.717, 1.165) is 24.7 Å². The third kappa shape index (κ3) is 3.85. The van der Waals surface area contributed by atoms with E-state index in [4.69, 9.17) is 4.74 Å². The first kappa shape index (κ1) is 17.9. The van der Waals surface area contributed by atoms with E-state index in [1.807, 2.05) is 30.3 Å². The van der Waals surface area contributed by atoms with Crippen molar-refractivity contribution in [2.75, 3.05) is 39.0 Å². The van der Waals surface area contributed by atoms with Gasteiger partial charge in [-0.15, -0.1) is 0 Å². The van der Waals surface area contributed by atoms with E-state index < -0.39 is 15.4 Å². The van der Waals surface area contributed by atoms with Crippen LogP contribution in [0.25, 0.3) is 0 Å². The third-order valence-corrected chi connectivity index (χ3v) is 6.16. The molecule has 1 amide bonds. The van der Waals surface area contributed by atoms with Crippen LogP contribution < -0.4 is 0 Å². The Kier molecular flexibility index (Phi) is 4.83. The molecule has 8 heteroatoms. The molecule has 0 spiro atoms. The first-order valence-electron chi connectivity index (χ1n) is 8.29. The summed E-state index contributed by atoms with van der Waals surface area (Å²) >= 11 is 0. The van der Waals surface area contributed by atoms with Gasteiger partial charge in [0.05, 0.1) is 11.7 Å². The maximum Gasteiger partial charge on any atom is 0.317 e. The molecule has 1 saturated heterocycles. The Morgan fingerprint density at radius 3 is 2.20 bits per heavy atom. The van der Waals surface area contributed by atoms with Gasteiger partial charge in [0.25, 0.3) is 5.91 Å². The third-order valence-electron chi connectivity index (χ3n) is 4.85. The summed E-state index contributed by atoms with van der Waals surface area (Å²) < 4.78 is 29.6. The molecule has 2 fully saturated rings. The van der Waals surface area contributed by atoms with Crippen molar-refractivity contribution in [2.45, 2.75) is 18.3 Å². The lowest BCUT2D eigenvalue weighted by atomic mass is 9.96. The molecule has 0 aromatic heterocycles. The number of piperazine rings is 1. The van der Waals surface area contributed by atoms with Crippen molar-refractivity contribution >= 4 is 21.9 Å². The fraction of sp³-hybridized carbons (Fsp3) is 0.529. The molecule has 136 valence electrons. The summed E-state index contributed by atoms with van der Waals surface area (Å²) in [5.41, 5.74) is 0.325. The van der Waals surface area contributed by atoms with Crippen molar-refractivity contribution in [1.82, 2.24) is 9.21 Å². The van der Waals surface area contributed by atoms with E-state index in [0.29, 0.717) is 13.1 Å². The molecule has 0 radical (unpaired) electrons. The average Bonchev–Trinajstić information content (AvgIpc) is 3.41. The maximum absolute atomic E-state index is 12.4. The molecule has 1 aliphatic carbocycles. The minimum Gasteiger partial charge on any atom is -0.455 e. The van der Waals surface area contributed by atoms with Crippen molar-refractivity contribution in [2.24, 2.45) is 0 Å². The van der Waals surface area contributed by atoms with Gasteiger partial charge in [0.1, 0.15) is 0 Å². The van der Waals surface area contributed by atoms with Gasteiger partial charge in [-0.05, 0) is 18.4 Å². The fourth-order valence-electron chi connectivity index (χ4n) is 3.12. The quantitative estimate of drug-likeness (QED) is 0.703. The van der Waals surface area contributed by atoms with Crippen LogP contribution in [0.2, 0.25) is 0 Å². The second-order valence-electron chi connectivity index (χ2n) is 6.57. The predicted molar refractivity (Wildman–Crippen MR) is 91.3 cm³/mol. The highest BCUT2D eigenvalue weighted by atomic mass is 32.2. The van der Waals surface area contributed by atoms with Gasteiger partial charge < -0.3 is 9.64 Å². The Labute approximate surface area is 147 Å². The van der Waals surface area contributed by atoms with Crippen molar-refractivity contribution in [3.05, 3.63) is 35.9 Å². The summed E-state index contributed by atoms with van der Waals surface area (Å²) in [6, 6.07) is 9.47. The molecule has 0 N–H and O–H groups in total. The number of benzene rings is 1. The SMILES string of the molecule is CS(=O)(=O)N1CCN(C(=O)COC(=O)C2(c3ccccc3)CC2)CC1. The Balaban J connectivity index is 1.51. The molecular weight excluding hydrogens is 344 g/mol. The lowest BCUT2D eigenvalue weighted by Crippen LogP contribution is -2.51. The average molecular weight is 366 g/mol. The van der Waals surface area contributed by atoms with E-state index in [1.54, 1.807) is 0 Å². The number of nitrogens with zero attached hydrogens (tertiary/aromatic N) is 2. The van der Waals surface area contributed by atoms with Gasteiger partial charge in [-0.2, -0.15) is 4.31 Å². The number of sulfonamides is 1. The van der Waals surface area contributed by atoms with Crippen molar-refractivity contribution in [3.8, 4) is 0 Å². The van der Waals surface area contributed by atoms with Gasteiger partial charge in [0.2, 0.25) is 10.0 Å². The minimum absolute atomic E-state index is 0.270. The molecule has 0 atom stereocenters. The highest BCUT2D eigenvalue weighted by Crippen LogP contribution is 2.49. The number of ether oxygens (including phenoxy) is 1. The number of carbonyl (C=O) groups is 2. The van der Waals surface area contributed by atoms with E-state index in [2.05, 4.69) is 0 Å². The van der Waals surface area contributed by atoms with Crippen LogP contribution >= 0.6 is 0 Å². The summed E-state index contributed by atoms with van der Waals surface area (Å²) in [7, 11) is -3.23. The second kappa shape index (κ2) is 6.76. The van der Waals surface area contributed by atoms with Gasteiger partial charge in [-0.1, -0.05) is 30.3 Å². The van der Waals surface area contributed by atoms with Gasteiger partial charge in [0.15, 0.2) is 6.61 Å². The van der Waals surface area contributed by atoms with Crippen molar-refractivity contribution in [3.63, 3.8) is 0 Å². The molecule has 3 rings (SSSR count). The molecule has 1 aliphatic heterocycles. The Morgan fingerprint density at radius 1 is 1.08 bits per heavy atom. The first-order valence-corrected chi connectivity index (χ1v) is 10.1. The summed E-state index contributed by atoms with van der Waals surface area (Å²) in [5.74, 6) is -0.646. The van der Waals surface area contributed by atoms with Crippen LogP contribution in [0.15, 0.2) is 30.3 Å². The molecule has 0 unspecified atom stereocenters. The van der Waals surface area contributed by atoms with Gasteiger partial charge in [0, 0.05) is 26.2 Å². The Morgan fingerprint density at radius 2 is 1.68 bits per heavy atom. The second-order valence-corrected chi connectivity index (χ2v) is 8.55. The number of hydrogen-bond acceptors (Lipinski definition) is 5. The van der Waals surface area contributed by atoms with Crippen LogP contribution in [0.4, 0.5) is 0 Å². The van der Waals surface area contributed by atoms with Crippen LogP contribution in [-0.4, -0.2) is 68.5 Å². The largest absolute Gasteiger partial charge is 0.455 e. The number of rotatable bonds is 5. The molecule has 2 aliphatic rings. The zero-order valence-electron chi connectivity index (χ0n) is 14.2. The van der Waals surface area contributed by atoms with Crippen LogP contribution in [0.5, 0.6) is 0 Å². The van der Waals surface area contributed by atoms with E-state index in [-0.39, 0.29) is 31.6 Å². The number of amides is 1. The summed E-state index contributed by atoms with van der Waals surface area (Å²) in [5, 5.41) is 0. The lowest BCUT2D eigenvalue weighted by molar-refractivity contribution is -0.154. The van der Waals surface area contributed by atoms with Crippen LogP contribution in [0, 0.1) is 0 Å². The van der Waals surface area contributed by atoms with Crippen LogP contribution in [0.3, 0.4) is 0 Å². The molecular formula is C17H22N2O5S. The molecule has 1 aromatic rings. The minimum atomic E-state index is -3.23. The molecule has 7 nitrogen and oxygen atoms in total. The number of carbonyl (C=O) groups excluding carboxylic acids is 2. The number of hydrogen-bond donors (Lipinski definition) is 0. The monoisotopic (exact) mass is 366 g/mol. The maximum atomic E-state index is 12.4. The van der Waals surface area contributed by atoms with E-state index >= 15 is 0 Å². The van der Waals surface area contributed by atoms with Crippen molar-refractivity contribution < 1.29 is 22.7 Å². The van der Waals surface area contributed by atoms with Crippen LogP contribution in [-0.2, 0) is 29.8 Å². The van der Waals surface area contributed by atoms with Gasteiger partial charge in [-0.25, -0.2) is 8.42 Å². The normalized spacial score (nSPS) is 20.1. The van der Waals surface area contributed by atoms with Crippen molar-refractivity contribution in [1.29, 1.82) is 0 Å². The Hall–Kier alpha value is -1.93. The Bertz CT molecular complexity index is 751. The number of esters is 1. The molecule has 1 saturated carbocycles. The van der Waals surface area contributed by atoms with Gasteiger partial charge in [-0.3, -0.25) is 9.59 Å². The molecule has 1 aromatic carbocycles. The highest BCUT2D eigenvalue weighted by molar-refractivity contribution is 7.88. The first-order chi connectivity index (χ1) is 11.8. The standard InChI is InChI=1S/C17H22N2O5S/c1-25(22,23)19-11-9-18(10-12-19)15(20)13-24-16(21)17(7-8-17)14-5-3-2-4-6-14/h2-6H,7-13H2,1H3. The summed E-state index contributed by atoms with van der Waals surface area (Å²) in [6.07, 6.45) is 2.62. The highest BCUT2D eigenvalue weighted by Gasteiger charge is 2.52. The van der Waals surface area contributed by atoms with Crippen LogP contribution in [0.1, 0.15) is 18.4 Å². The zero-order chi connectivity index (χ0) is 18.1. The van der Waals surface area contributed by atoms with Gasteiger partial charge >= 0.3 is 5.97 Å². The summed E-state index contributed by atoms with van der Waals surface area (Å²) in [4.78, 5) is 26.2. The molecule has 0 bridgehead atoms. The van der Waals surface area contributed by atoms with E-state index in [9.17, 15) is 18.0 Å². The summed E-state index contributed by atoms with van der Waals surface area (Å²) in [6.45, 7) is 0.867. The fourth-order valence-corrected chi connectivity index (χ4v) is 3.95. The molecule has 1 heterocycles. The predicted octanol–water partition coefficient (Wildman–Crippen LogP) is 0.365. The zero-order valence-corrected chi connectivity index (χ0v) is 15.0.